The van der Waals surface area contributed by atoms with Crippen molar-refractivity contribution < 1.29 is 25.2 Å². The van der Waals surface area contributed by atoms with Crippen molar-refractivity contribution in [1.82, 2.24) is 0 Å². The molecule has 0 saturated heterocycles. The van der Waals surface area contributed by atoms with Gasteiger partial charge in [-0.3, -0.25) is 8.37 Å². The van der Waals surface area contributed by atoms with E-state index in [-0.39, 0.29) is 23.7 Å². The van der Waals surface area contributed by atoms with Crippen LogP contribution in [0.5, 0.6) is 0 Å². The molecule has 0 amide bonds. The Morgan fingerprint density at radius 3 is 1.33 bits per heavy atom. The van der Waals surface area contributed by atoms with E-state index in [4.69, 9.17) is 8.37 Å². The van der Waals surface area contributed by atoms with Gasteiger partial charge in [0, 0.05) is 0 Å². The highest BCUT2D eigenvalue weighted by Crippen LogP contribution is 2.13. The van der Waals surface area contributed by atoms with Gasteiger partial charge >= 0.3 is 0 Å². The molecule has 8 heteroatoms. The lowest BCUT2D eigenvalue weighted by atomic mass is 10.1. The zero-order chi connectivity index (χ0) is 16.5. The van der Waals surface area contributed by atoms with Gasteiger partial charge in [0.25, 0.3) is 20.2 Å². The monoisotopic (exact) mass is 344 g/mol. The van der Waals surface area contributed by atoms with Crippen LogP contribution >= 0.6 is 0 Å². The minimum Gasteiger partial charge on any atom is -0.267 e. The third-order valence-corrected chi connectivity index (χ3v) is 5.71. The summed E-state index contributed by atoms with van der Waals surface area (Å²) in [7, 11) is -6.77. The van der Waals surface area contributed by atoms with Crippen LogP contribution in [0.2, 0.25) is 0 Å². The number of unbranched alkanes of at least 4 members (excludes halogenated alkanes) is 2. The summed E-state index contributed by atoms with van der Waals surface area (Å²) in [5, 5.41) is 0. The molecule has 21 heavy (non-hydrogen) atoms. The highest BCUT2D eigenvalue weighted by molar-refractivity contribution is 7.86. The maximum atomic E-state index is 11.3. The summed E-state index contributed by atoms with van der Waals surface area (Å²) in [6.07, 6.45) is 3.28. The molecule has 0 aromatic carbocycles. The van der Waals surface area contributed by atoms with Crippen molar-refractivity contribution in [3.8, 4) is 0 Å². The Bertz CT molecular complexity index is 425. The van der Waals surface area contributed by atoms with Crippen LogP contribution < -0.4 is 0 Å². The van der Waals surface area contributed by atoms with Crippen LogP contribution in [-0.2, 0) is 28.6 Å². The van der Waals surface area contributed by atoms with Crippen LogP contribution in [0.3, 0.4) is 0 Å². The number of rotatable bonds is 12. The van der Waals surface area contributed by atoms with E-state index in [9.17, 15) is 16.8 Å². The predicted molar refractivity (Wildman–Crippen MR) is 83.1 cm³/mol. The minimum absolute atomic E-state index is 0.0158. The van der Waals surface area contributed by atoms with Crippen molar-refractivity contribution in [3.63, 3.8) is 0 Å². The molecule has 0 heterocycles. The molecule has 0 aliphatic rings. The Morgan fingerprint density at radius 1 is 0.714 bits per heavy atom. The molecule has 0 bridgehead atoms. The van der Waals surface area contributed by atoms with E-state index in [1.165, 1.54) is 0 Å². The molecule has 128 valence electrons. The van der Waals surface area contributed by atoms with E-state index in [1.54, 1.807) is 27.7 Å². The lowest BCUT2D eigenvalue weighted by molar-refractivity contribution is 0.205. The van der Waals surface area contributed by atoms with E-state index in [2.05, 4.69) is 0 Å². The van der Waals surface area contributed by atoms with Gasteiger partial charge < -0.3 is 0 Å². The molecule has 0 aliphatic heterocycles. The number of hydrogen-bond donors (Lipinski definition) is 0. The topological polar surface area (TPSA) is 86.7 Å². The molecule has 6 nitrogen and oxygen atoms in total. The van der Waals surface area contributed by atoms with Crippen LogP contribution in [0.1, 0.15) is 59.8 Å². The van der Waals surface area contributed by atoms with Crippen molar-refractivity contribution in [3.05, 3.63) is 0 Å². The molecule has 0 radical (unpaired) electrons. The van der Waals surface area contributed by atoms with Crippen LogP contribution in [0.15, 0.2) is 0 Å². The zero-order valence-electron chi connectivity index (χ0n) is 13.4. The molecule has 0 aromatic heterocycles. The molecular formula is C13H28O6S2. The summed E-state index contributed by atoms with van der Waals surface area (Å²) < 4.78 is 54.9. The van der Waals surface area contributed by atoms with Gasteiger partial charge in [0.15, 0.2) is 0 Å². The second kappa shape index (κ2) is 9.76. The Kier molecular flexibility index (Phi) is 9.68. The molecule has 0 rings (SSSR count). The Hall–Kier alpha value is -0.180. The highest BCUT2D eigenvalue weighted by Gasteiger charge is 2.14. The first kappa shape index (κ1) is 20.8. The van der Waals surface area contributed by atoms with Crippen LogP contribution in [0, 0.1) is 0 Å². The largest absolute Gasteiger partial charge is 0.267 e. The quantitative estimate of drug-likeness (QED) is 0.399. The van der Waals surface area contributed by atoms with Gasteiger partial charge in [-0.15, -0.1) is 0 Å². The first-order valence-corrected chi connectivity index (χ1v) is 10.6. The van der Waals surface area contributed by atoms with Crippen LogP contribution in [0.25, 0.3) is 0 Å². The SMILES string of the molecule is CCS(=O)(=O)OC(C)CCCCCC(C)OS(=O)(=O)CC. The maximum Gasteiger partial charge on any atom is 0.267 e. The minimum atomic E-state index is -3.38. The molecule has 0 aromatic rings. The molecule has 0 fully saturated rings. The van der Waals surface area contributed by atoms with Gasteiger partial charge in [0.2, 0.25) is 0 Å². The fraction of sp³-hybridized carbons (Fsp3) is 1.00. The van der Waals surface area contributed by atoms with Crippen molar-refractivity contribution in [2.75, 3.05) is 11.5 Å². The third-order valence-electron chi connectivity index (χ3n) is 3.05. The lowest BCUT2D eigenvalue weighted by Crippen LogP contribution is -2.17. The third kappa shape index (κ3) is 11.1. The molecule has 0 N–H and O–H groups in total. The Morgan fingerprint density at radius 2 is 1.05 bits per heavy atom. The lowest BCUT2D eigenvalue weighted by Gasteiger charge is -2.13. The summed E-state index contributed by atoms with van der Waals surface area (Å²) >= 11 is 0. The zero-order valence-corrected chi connectivity index (χ0v) is 15.0. The smallest absolute Gasteiger partial charge is 0.267 e. The molecular weight excluding hydrogens is 316 g/mol. The molecule has 0 aliphatic carbocycles. The van der Waals surface area contributed by atoms with E-state index < -0.39 is 20.2 Å². The van der Waals surface area contributed by atoms with E-state index >= 15 is 0 Å². The molecule has 2 atom stereocenters. The van der Waals surface area contributed by atoms with Gasteiger partial charge in [-0.1, -0.05) is 19.3 Å². The molecule has 0 spiro atoms. The summed E-state index contributed by atoms with van der Waals surface area (Å²) in [6.45, 7) is 6.58. The maximum absolute atomic E-state index is 11.3. The normalized spacial score (nSPS) is 15.8. The fourth-order valence-electron chi connectivity index (χ4n) is 1.77. The van der Waals surface area contributed by atoms with Gasteiger partial charge in [-0.2, -0.15) is 16.8 Å². The standard InChI is InChI=1S/C13H28O6S2/c1-5-20(14,15)18-12(3)10-8-7-9-11-13(4)19-21(16,17)6-2/h12-13H,5-11H2,1-4H3. The fourth-order valence-corrected chi connectivity index (χ4v) is 3.24. The Balaban J connectivity index is 3.78. The Labute approximate surface area is 129 Å². The van der Waals surface area contributed by atoms with E-state index in [1.807, 2.05) is 0 Å². The van der Waals surface area contributed by atoms with E-state index in [0.717, 1.165) is 19.3 Å². The summed E-state index contributed by atoms with van der Waals surface area (Å²) in [4.78, 5) is 0. The van der Waals surface area contributed by atoms with Crippen molar-refractivity contribution in [2.24, 2.45) is 0 Å². The summed E-state index contributed by atoms with van der Waals surface area (Å²) in [5.74, 6) is -0.0316. The van der Waals surface area contributed by atoms with Crippen molar-refractivity contribution in [1.29, 1.82) is 0 Å². The second-order valence-electron chi connectivity index (χ2n) is 5.14. The van der Waals surface area contributed by atoms with Gasteiger partial charge in [-0.25, -0.2) is 0 Å². The van der Waals surface area contributed by atoms with Crippen LogP contribution in [0.4, 0.5) is 0 Å². The average Bonchev–Trinajstić information content (AvgIpc) is 2.37. The summed E-state index contributed by atoms with van der Waals surface area (Å²) in [6, 6.07) is 0. The van der Waals surface area contributed by atoms with Gasteiger partial charge in [0.05, 0.1) is 23.7 Å². The second-order valence-corrected chi connectivity index (χ2v) is 8.91. The summed E-state index contributed by atoms with van der Waals surface area (Å²) in [5.41, 5.74) is 0. The number of hydrogen-bond acceptors (Lipinski definition) is 6. The average molecular weight is 344 g/mol. The molecule has 2 unspecified atom stereocenters. The van der Waals surface area contributed by atoms with Crippen molar-refractivity contribution >= 4 is 20.2 Å². The van der Waals surface area contributed by atoms with Crippen LogP contribution in [-0.4, -0.2) is 40.5 Å². The van der Waals surface area contributed by atoms with Gasteiger partial charge in [-0.05, 0) is 40.5 Å². The first-order valence-electron chi connectivity index (χ1n) is 7.43. The highest BCUT2D eigenvalue weighted by atomic mass is 32.2. The van der Waals surface area contributed by atoms with E-state index in [0.29, 0.717) is 12.8 Å². The first-order chi connectivity index (χ1) is 9.62. The van der Waals surface area contributed by atoms with Gasteiger partial charge in [0.1, 0.15) is 0 Å². The molecule has 0 saturated carbocycles. The predicted octanol–water partition coefficient (Wildman–Crippen LogP) is 2.45. The van der Waals surface area contributed by atoms with Crippen molar-refractivity contribution in [2.45, 2.75) is 72.0 Å².